The predicted molar refractivity (Wildman–Crippen MR) is 91.1 cm³/mol. The summed E-state index contributed by atoms with van der Waals surface area (Å²) < 4.78 is 30.8. The summed E-state index contributed by atoms with van der Waals surface area (Å²) >= 11 is 12.3. The van der Waals surface area contributed by atoms with Crippen LogP contribution < -0.4 is 10.5 Å². The molecule has 0 aliphatic rings. The van der Waals surface area contributed by atoms with Crippen LogP contribution in [0.5, 0.6) is 0 Å². The third-order valence-corrected chi connectivity index (χ3v) is 4.94. The van der Waals surface area contributed by atoms with Gasteiger partial charge in [-0.15, -0.1) is 0 Å². The van der Waals surface area contributed by atoms with Crippen molar-refractivity contribution in [3.8, 4) is 0 Å². The summed E-state index contributed by atoms with van der Waals surface area (Å²) in [5.41, 5.74) is 3.41. The number of amides is 1. The zero-order valence-electron chi connectivity index (χ0n) is 13.3. The Bertz CT molecular complexity index is 701. The molecule has 1 amide bonds. The van der Waals surface area contributed by atoms with E-state index >= 15 is 0 Å². The van der Waals surface area contributed by atoms with Crippen LogP contribution in [-0.2, 0) is 20.4 Å². The van der Waals surface area contributed by atoms with E-state index in [4.69, 9.17) is 33.7 Å². The van der Waals surface area contributed by atoms with Gasteiger partial charge in [-0.1, -0.05) is 56.1 Å². The van der Waals surface area contributed by atoms with Crippen LogP contribution in [0.25, 0.3) is 0 Å². The zero-order valence-corrected chi connectivity index (χ0v) is 15.6. The second-order valence-corrected chi connectivity index (χ2v) is 8.81. The monoisotopic (exact) mass is 382 g/mol. The summed E-state index contributed by atoms with van der Waals surface area (Å²) in [7, 11) is -3.54. The molecule has 0 spiro atoms. The number of primary amides is 1. The number of hydrogen-bond acceptors (Lipinski definition) is 4. The van der Waals surface area contributed by atoms with E-state index in [0.717, 1.165) is 6.26 Å². The molecule has 6 nitrogen and oxygen atoms in total. The molecule has 0 bridgehead atoms. The Hall–Kier alpha value is -1.02. The molecule has 0 aliphatic heterocycles. The second kappa shape index (κ2) is 6.84. The fourth-order valence-electron chi connectivity index (χ4n) is 2.23. The summed E-state index contributed by atoms with van der Waals surface area (Å²) in [6.07, 6.45) is -0.0455. The average Bonchev–Trinajstić information content (AvgIpc) is 2.35. The first-order valence-corrected chi connectivity index (χ1v) is 9.32. The molecule has 0 fully saturated rings. The Labute approximate surface area is 146 Å². The number of ether oxygens (including phenoxy) is 1. The van der Waals surface area contributed by atoms with E-state index < -0.39 is 27.1 Å². The lowest BCUT2D eigenvalue weighted by atomic mass is 9.72. The first-order chi connectivity index (χ1) is 10.3. The van der Waals surface area contributed by atoms with Crippen molar-refractivity contribution >= 4 is 39.3 Å². The van der Waals surface area contributed by atoms with Crippen molar-refractivity contribution in [3.05, 3.63) is 33.8 Å². The molecule has 3 N–H and O–H groups in total. The van der Waals surface area contributed by atoms with E-state index in [1.807, 2.05) is 0 Å². The minimum atomic E-state index is -3.54. The average molecular weight is 383 g/mol. The van der Waals surface area contributed by atoms with E-state index in [-0.39, 0.29) is 16.6 Å². The highest BCUT2D eigenvalue weighted by molar-refractivity contribution is 7.88. The summed E-state index contributed by atoms with van der Waals surface area (Å²) in [5, 5.41) is 0.422. The van der Waals surface area contributed by atoms with Crippen molar-refractivity contribution in [1.29, 1.82) is 0 Å². The van der Waals surface area contributed by atoms with Gasteiger partial charge in [0.05, 0.1) is 22.8 Å². The minimum Gasteiger partial charge on any atom is -0.436 e. The Balaban J connectivity index is 3.61. The molecular formula is C14H20Cl2N2O4S. The minimum absolute atomic E-state index is 0.167. The number of benzene rings is 1. The number of carbonyl (C=O) groups is 1. The van der Waals surface area contributed by atoms with Crippen LogP contribution in [0.2, 0.25) is 10.0 Å². The van der Waals surface area contributed by atoms with E-state index in [2.05, 4.69) is 4.72 Å². The highest BCUT2D eigenvalue weighted by Crippen LogP contribution is 2.46. The van der Waals surface area contributed by atoms with Gasteiger partial charge in [-0.2, -0.15) is 0 Å². The van der Waals surface area contributed by atoms with Crippen molar-refractivity contribution < 1.29 is 17.9 Å². The lowest BCUT2D eigenvalue weighted by molar-refractivity contribution is -0.0660. The maximum absolute atomic E-state index is 11.5. The molecule has 0 aromatic heterocycles. The highest BCUT2D eigenvalue weighted by Gasteiger charge is 2.49. The molecule has 0 radical (unpaired) electrons. The van der Waals surface area contributed by atoms with Gasteiger partial charge in [0.1, 0.15) is 0 Å². The van der Waals surface area contributed by atoms with Gasteiger partial charge in [0.15, 0.2) is 5.60 Å². The highest BCUT2D eigenvalue weighted by atomic mass is 35.5. The van der Waals surface area contributed by atoms with Crippen LogP contribution in [0.1, 0.15) is 26.3 Å². The number of carbonyl (C=O) groups excluding carboxylic acids is 1. The van der Waals surface area contributed by atoms with Gasteiger partial charge >= 0.3 is 6.09 Å². The molecule has 0 heterocycles. The normalized spacial score (nSPS) is 15.0. The standard InChI is InChI=1S/C14H20Cl2N2O4S/c1-13(2,3)14(22-12(17)19,8-18-23(4,20)21)9-6-5-7-10(15)11(9)16/h5-7,18H,8H2,1-4H3,(H2,17,19). The number of rotatable bonds is 5. The van der Waals surface area contributed by atoms with E-state index in [1.165, 1.54) is 0 Å². The molecule has 1 unspecified atom stereocenters. The zero-order chi connectivity index (χ0) is 18.1. The van der Waals surface area contributed by atoms with E-state index in [1.54, 1.807) is 39.0 Å². The number of hydrogen-bond donors (Lipinski definition) is 2. The van der Waals surface area contributed by atoms with Crippen molar-refractivity contribution in [2.45, 2.75) is 26.4 Å². The lowest BCUT2D eigenvalue weighted by Gasteiger charge is -2.44. The molecule has 1 aromatic rings. The molecule has 130 valence electrons. The molecule has 23 heavy (non-hydrogen) atoms. The van der Waals surface area contributed by atoms with E-state index in [0.29, 0.717) is 5.56 Å². The molecule has 0 saturated heterocycles. The van der Waals surface area contributed by atoms with Crippen LogP contribution in [-0.4, -0.2) is 27.3 Å². The Morgan fingerprint density at radius 1 is 1.30 bits per heavy atom. The van der Waals surface area contributed by atoms with Crippen LogP contribution in [0.15, 0.2) is 18.2 Å². The van der Waals surface area contributed by atoms with Gasteiger partial charge in [-0.05, 0) is 6.07 Å². The third-order valence-electron chi connectivity index (χ3n) is 3.46. The van der Waals surface area contributed by atoms with Crippen molar-refractivity contribution in [2.24, 2.45) is 11.1 Å². The number of nitrogens with two attached hydrogens (primary N) is 1. The fraction of sp³-hybridized carbons (Fsp3) is 0.500. The predicted octanol–water partition coefficient (Wildman–Crippen LogP) is 2.88. The van der Waals surface area contributed by atoms with Gasteiger partial charge in [-0.3, -0.25) is 0 Å². The van der Waals surface area contributed by atoms with Crippen molar-refractivity contribution in [1.82, 2.24) is 4.72 Å². The summed E-state index contributed by atoms with van der Waals surface area (Å²) in [6.45, 7) is 5.09. The van der Waals surface area contributed by atoms with Crippen molar-refractivity contribution in [3.63, 3.8) is 0 Å². The summed E-state index contributed by atoms with van der Waals surface area (Å²) in [5.74, 6) is 0. The van der Waals surface area contributed by atoms with Crippen LogP contribution >= 0.6 is 23.2 Å². The lowest BCUT2D eigenvalue weighted by Crippen LogP contribution is -2.53. The van der Waals surface area contributed by atoms with Crippen LogP contribution in [0, 0.1) is 5.41 Å². The number of halogens is 2. The van der Waals surface area contributed by atoms with Gasteiger partial charge in [-0.25, -0.2) is 17.9 Å². The third kappa shape index (κ3) is 4.73. The molecule has 9 heteroatoms. The van der Waals surface area contributed by atoms with Gasteiger partial charge in [0.25, 0.3) is 0 Å². The van der Waals surface area contributed by atoms with Crippen LogP contribution in [0.3, 0.4) is 0 Å². The smallest absolute Gasteiger partial charge is 0.405 e. The van der Waals surface area contributed by atoms with E-state index in [9.17, 15) is 13.2 Å². The molecular weight excluding hydrogens is 363 g/mol. The SMILES string of the molecule is CC(C)(C)C(CNS(C)(=O)=O)(OC(N)=O)c1cccc(Cl)c1Cl. The number of nitrogens with one attached hydrogen (secondary N) is 1. The van der Waals surface area contributed by atoms with Gasteiger partial charge < -0.3 is 10.5 Å². The van der Waals surface area contributed by atoms with Gasteiger partial charge in [0, 0.05) is 11.0 Å². The quantitative estimate of drug-likeness (QED) is 0.817. The molecule has 1 atom stereocenters. The maximum atomic E-state index is 11.5. The first kappa shape index (κ1) is 20.0. The summed E-state index contributed by atoms with van der Waals surface area (Å²) in [4.78, 5) is 11.5. The fourth-order valence-corrected chi connectivity index (χ4v) is 3.15. The largest absolute Gasteiger partial charge is 0.436 e. The Morgan fingerprint density at radius 2 is 1.87 bits per heavy atom. The molecule has 1 aromatic carbocycles. The first-order valence-electron chi connectivity index (χ1n) is 6.68. The maximum Gasteiger partial charge on any atom is 0.405 e. The van der Waals surface area contributed by atoms with Crippen LogP contribution in [0.4, 0.5) is 4.79 Å². The Kier molecular flexibility index (Phi) is 5.96. The summed E-state index contributed by atoms with van der Waals surface area (Å²) in [6, 6.07) is 4.83. The second-order valence-electron chi connectivity index (χ2n) is 6.19. The topological polar surface area (TPSA) is 98.5 Å². The molecule has 0 aliphatic carbocycles. The molecule has 0 saturated carbocycles. The van der Waals surface area contributed by atoms with Gasteiger partial charge in [0.2, 0.25) is 10.0 Å². The number of sulfonamides is 1. The molecule has 1 rings (SSSR count). The van der Waals surface area contributed by atoms with Crippen molar-refractivity contribution in [2.75, 3.05) is 12.8 Å². The Morgan fingerprint density at radius 3 is 2.30 bits per heavy atom.